The molecule has 0 spiro atoms. The highest BCUT2D eigenvalue weighted by atomic mass is 16.5. The van der Waals surface area contributed by atoms with Gasteiger partial charge in [-0.2, -0.15) is 0 Å². The lowest BCUT2D eigenvalue weighted by Gasteiger charge is -2.22. The first-order chi connectivity index (χ1) is 38.5. The molecule has 464 valence electrons. The minimum absolute atomic E-state index is 0.0243. The normalized spacial score (nSPS) is 12.5. The van der Waals surface area contributed by atoms with Gasteiger partial charge in [0.1, 0.15) is 0 Å². The highest BCUT2D eigenvalue weighted by Gasteiger charge is 2.20. The van der Waals surface area contributed by atoms with Crippen molar-refractivity contribution < 1.29 is 24.5 Å². The lowest BCUT2D eigenvalue weighted by Crippen LogP contribution is -2.45. The molecule has 78 heavy (non-hydrogen) atoms. The van der Waals surface area contributed by atoms with Gasteiger partial charge in [0.2, 0.25) is 5.91 Å². The van der Waals surface area contributed by atoms with Crippen LogP contribution in [0.1, 0.15) is 412 Å². The minimum atomic E-state index is -0.659. The van der Waals surface area contributed by atoms with Crippen LogP contribution in [0.5, 0.6) is 0 Å². The van der Waals surface area contributed by atoms with Crippen molar-refractivity contribution in [2.45, 2.75) is 424 Å². The second-order valence-corrected chi connectivity index (χ2v) is 24.9. The summed E-state index contributed by atoms with van der Waals surface area (Å²) in [4.78, 5) is 24.5. The molecule has 1 amide bonds. The number of rotatable bonds is 68. The van der Waals surface area contributed by atoms with Crippen LogP contribution in [0, 0.1) is 0 Å². The van der Waals surface area contributed by atoms with Crippen LogP contribution in [0.15, 0.2) is 12.2 Å². The van der Waals surface area contributed by atoms with Crippen molar-refractivity contribution in [2.75, 3.05) is 13.2 Å². The third-order valence-corrected chi connectivity index (χ3v) is 17.1. The van der Waals surface area contributed by atoms with Crippen LogP contribution in [-0.2, 0) is 14.3 Å². The summed E-state index contributed by atoms with van der Waals surface area (Å²) in [7, 11) is 0. The van der Waals surface area contributed by atoms with Gasteiger partial charge in [-0.25, -0.2) is 0 Å². The molecule has 0 aromatic carbocycles. The number of esters is 1. The fourth-order valence-electron chi connectivity index (χ4n) is 11.6. The molecule has 2 unspecified atom stereocenters. The maximum absolute atomic E-state index is 12.4. The van der Waals surface area contributed by atoms with Gasteiger partial charge in [0, 0.05) is 12.8 Å². The minimum Gasteiger partial charge on any atom is -0.466 e. The summed E-state index contributed by atoms with van der Waals surface area (Å²) in [6.07, 6.45) is 84.4. The molecule has 0 fully saturated rings. The van der Waals surface area contributed by atoms with Gasteiger partial charge in [0.25, 0.3) is 0 Å². The summed E-state index contributed by atoms with van der Waals surface area (Å²) in [5, 5.41) is 23.1. The Morgan fingerprint density at radius 1 is 0.346 bits per heavy atom. The molecule has 2 atom stereocenters. The average molecular weight is 1100 g/mol. The molecule has 3 N–H and O–H groups in total. The molecule has 0 aromatic heterocycles. The molecule has 0 aromatic rings. The van der Waals surface area contributed by atoms with Crippen molar-refractivity contribution in [3.63, 3.8) is 0 Å². The van der Waals surface area contributed by atoms with Gasteiger partial charge in [0.15, 0.2) is 0 Å². The van der Waals surface area contributed by atoms with Gasteiger partial charge in [-0.15, -0.1) is 0 Å². The highest BCUT2D eigenvalue weighted by Crippen LogP contribution is 2.19. The molecule has 0 radical (unpaired) electrons. The van der Waals surface area contributed by atoms with Crippen molar-refractivity contribution >= 4 is 11.9 Å². The standard InChI is InChI=1S/C72H141NO5/c1-3-5-7-9-11-13-14-15-16-17-33-37-40-43-46-50-54-58-62-66-72(77)78-67-63-59-55-51-47-44-41-38-35-32-30-28-26-24-22-20-18-19-21-23-25-27-29-31-34-36-39-42-45-49-53-57-61-65-71(76)73-69(68-74)70(75)64-60-56-52-48-12-10-8-6-4-2/h22,24,69-70,74-75H,3-21,23,25-68H2,1-2H3,(H,73,76)/b24-22-. The van der Waals surface area contributed by atoms with E-state index in [1.165, 1.54) is 340 Å². The zero-order valence-corrected chi connectivity index (χ0v) is 53.2. The molecule has 0 aliphatic heterocycles. The monoisotopic (exact) mass is 1100 g/mol. The Bertz CT molecular complexity index is 1180. The first-order valence-corrected chi connectivity index (χ1v) is 35.9. The number of carbonyl (C=O) groups excluding carboxylic acids is 2. The fourth-order valence-corrected chi connectivity index (χ4v) is 11.6. The van der Waals surface area contributed by atoms with Crippen LogP contribution >= 0.6 is 0 Å². The lowest BCUT2D eigenvalue weighted by molar-refractivity contribution is -0.143. The summed E-state index contributed by atoms with van der Waals surface area (Å²) in [5.74, 6) is -0.00782. The van der Waals surface area contributed by atoms with Gasteiger partial charge in [0.05, 0.1) is 25.4 Å². The second kappa shape index (κ2) is 68.1. The van der Waals surface area contributed by atoms with Crippen LogP contribution < -0.4 is 5.32 Å². The number of hydrogen-bond acceptors (Lipinski definition) is 5. The number of aliphatic hydroxyl groups excluding tert-OH is 2. The molecular weight excluding hydrogens is 959 g/mol. The fraction of sp³-hybridized carbons (Fsp3) is 0.944. The van der Waals surface area contributed by atoms with Gasteiger partial charge in [-0.3, -0.25) is 9.59 Å². The zero-order chi connectivity index (χ0) is 56.4. The predicted octanol–water partition coefficient (Wildman–Crippen LogP) is 23.1. The van der Waals surface area contributed by atoms with E-state index in [2.05, 4.69) is 31.3 Å². The van der Waals surface area contributed by atoms with E-state index in [1.54, 1.807) is 0 Å². The molecule has 0 heterocycles. The molecule has 0 saturated heterocycles. The maximum Gasteiger partial charge on any atom is 0.305 e. The highest BCUT2D eigenvalue weighted by molar-refractivity contribution is 5.76. The van der Waals surface area contributed by atoms with Crippen LogP contribution in [-0.4, -0.2) is 47.4 Å². The SMILES string of the molecule is CCCCCCCCCCCCCCCCCCCCCC(=O)OCCCCCCCCCCCCCC/C=C\CCCCCCCCCCCCCCCCCCCC(=O)NC(CO)C(O)CCCCCCCCCCC. The Balaban J connectivity index is 3.29. The van der Waals surface area contributed by atoms with E-state index in [9.17, 15) is 19.8 Å². The van der Waals surface area contributed by atoms with Crippen LogP contribution in [0.3, 0.4) is 0 Å². The quantitative estimate of drug-likeness (QED) is 0.0320. The molecule has 0 aliphatic carbocycles. The Hall–Kier alpha value is -1.40. The largest absolute Gasteiger partial charge is 0.466 e. The smallest absolute Gasteiger partial charge is 0.305 e. The third kappa shape index (κ3) is 63.8. The number of amides is 1. The first-order valence-electron chi connectivity index (χ1n) is 35.9. The van der Waals surface area contributed by atoms with E-state index >= 15 is 0 Å². The Kier molecular flexibility index (Phi) is 66.9. The second-order valence-electron chi connectivity index (χ2n) is 24.9. The van der Waals surface area contributed by atoms with Crippen LogP contribution in [0.4, 0.5) is 0 Å². The van der Waals surface area contributed by atoms with Crippen molar-refractivity contribution in [3.05, 3.63) is 12.2 Å². The topological polar surface area (TPSA) is 95.9 Å². The van der Waals surface area contributed by atoms with Gasteiger partial charge in [-0.1, -0.05) is 360 Å². The number of ether oxygens (including phenoxy) is 1. The van der Waals surface area contributed by atoms with Crippen LogP contribution in [0.25, 0.3) is 0 Å². The van der Waals surface area contributed by atoms with E-state index < -0.39 is 12.1 Å². The van der Waals surface area contributed by atoms with E-state index in [4.69, 9.17) is 4.74 Å². The van der Waals surface area contributed by atoms with E-state index in [0.717, 1.165) is 38.5 Å². The van der Waals surface area contributed by atoms with Gasteiger partial charge < -0.3 is 20.3 Å². The Labute approximate surface area is 489 Å². The van der Waals surface area contributed by atoms with Crippen molar-refractivity contribution in [2.24, 2.45) is 0 Å². The van der Waals surface area contributed by atoms with E-state index in [-0.39, 0.29) is 18.5 Å². The molecule has 0 saturated carbocycles. The number of allylic oxidation sites excluding steroid dienone is 2. The molecule has 0 aliphatic rings. The third-order valence-electron chi connectivity index (χ3n) is 17.1. The first kappa shape index (κ1) is 76.6. The van der Waals surface area contributed by atoms with Gasteiger partial charge in [-0.05, 0) is 51.4 Å². The number of nitrogens with one attached hydrogen (secondary N) is 1. The van der Waals surface area contributed by atoms with E-state index in [1.807, 2.05) is 0 Å². The number of hydrogen-bond donors (Lipinski definition) is 3. The molecule has 0 bridgehead atoms. The van der Waals surface area contributed by atoms with Gasteiger partial charge >= 0.3 is 5.97 Å². The summed E-state index contributed by atoms with van der Waals surface area (Å²) < 4.78 is 5.52. The summed E-state index contributed by atoms with van der Waals surface area (Å²) in [6, 6.07) is -0.536. The molecular formula is C72H141NO5. The van der Waals surface area contributed by atoms with Crippen molar-refractivity contribution in [3.8, 4) is 0 Å². The van der Waals surface area contributed by atoms with Crippen molar-refractivity contribution in [1.82, 2.24) is 5.32 Å². The number of carbonyl (C=O) groups is 2. The van der Waals surface area contributed by atoms with E-state index in [0.29, 0.717) is 25.9 Å². The van der Waals surface area contributed by atoms with Crippen molar-refractivity contribution in [1.29, 1.82) is 0 Å². The lowest BCUT2D eigenvalue weighted by atomic mass is 10.0. The molecule has 0 rings (SSSR count). The zero-order valence-electron chi connectivity index (χ0n) is 53.2. The summed E-state index contributed by atoms with van der Waals surface area (Å²) in [5.41, 5.74) is 0. The number of unbranched alkanes of at least 4 members (excludes halogenated alkanes) is 55. The Morgan fingerprint density at radius 2 is 0.603 bits per heavy atom. The average Bonchev–Trinajstić information content (AvgIpc) is 3.44. The summed E-state index contributed by atoms with van der Waals surface area (Å²) in [6.45, 7) is 4.97. The van der Waals surface area contributed by atoms with Crippen LogP contribution in [0.2, 0.25) is 0 Å². The number of aliphatic hydroxyl groups is 2. The maximum atomic E-state index is 12.4. The molecule has 6 nitrogen and oxygen atoms in total. The predicted molar refractivity (Wildman–Crippen MR) is 343 cm³/mol. The summed E-state index contributed by atoms with van der Waals surface area (Å²) >= 11 is 0. The molecule has 6 heteroatoms. The Morgan fingerprint density at radius 3 is 0.910 bits per heavy atom.